The quantitative estimate of drug-likeness (QED) is 0.282. The molecule has 2 rings (SSSR count). The van der Waals surface area contributed by atoms with E-state index in [0.29, 0.717) is 0 Å². The topological polar surface area (TPSA) is 75.7 Å². The highest BCUT2D eigenvalue weighted by Gasteiger charge is 2.56. The summed E-state index contributed by atoms with van der Waals surface area (Å²) in [6, 6.07) is 9.31. The van der Waals surface area contributed by atoms with Gasteiger partial charge in [-0.05, 0) is 11.6 Å². The molecule has 1 fully saturated rings. The Labute approximate surface area is 169 Å². The summed E-state index contributed by atoms with van der Waals surface area (Å²) in [6.07, 6.45) is 1.33. The number of amides is 2. The molecule has 8 heteroatoms. The lowest BCUT2D eigenvalue weighted by Crippen LogP contribution is -2.78. The third-order valence-electron chi connectivity index (χ3n) is 4.74. The Morgan fingerprint density at radius 1 is 1.30 bits per heavy atom. The highest BCUT2D eigenvalue weighted by atomic mass is 79.9. The van der Waals surface area contributed by atoms with Crippen LogP contribution in [0.25, 0.3) is 0 Å². The van der Waals surface area contributed by atoms with E-state index in [9.17, 15) is 14.4 Å². The average Bonchev–Trinajstić information content (AvgIpc) is 2.63. The number of ether oxygens (including phenoxy) is 1. The smallest absolute Gasteiger partial charge is 0.304 e. The SMILES string of the molecule is CCCC[Si](C)(C)N1C(=O)C(NC(=O)C(Br)c2ccccc2)C1OC(C)=O. The lowest BCUT2D eigenvalue weighted by Gasteiger charge is -2.53. The molecule has 0 bridgehead atoms. The summed E-state index contributed by atoms with van der Waals surface area (Å²) in [4.78, 5) is 36.4. The molecule has 0 saturated carbocycles. The fourth-order valence-corrected chi connectivity index (χ4v) is 6.78. The molecule has 2 amide bonds. The Morgan fingerprint density at radius 3 is 2.48 bits per heavy atom. The second-order valence-electron chi connectivity index (χ2n) is 7.38. The molecule has 0 aliphatic carbocycles. The van der Waals surface area contributed by atoms with E-state index in [2.05, 4.69) is 41.3 Å². The number of rotatable bonds is 8. The van der Waals surface area contributed by atoms with Crippen LogP contribution >= 0.6 is 15.9 Å². The summed E-state index contributed by atoms with van der Waals surface area (Å²) in [6.45, 7) is 7.60. The minimum atomic E-state index is -2.07. The molecule has 3 atom stereocenters. The van der Waals surface area contributed by atoms with Crippen molar-refractivity contribution in [3.63, 3.8) is 0 Å². The van der Waals surface area contributed by atoms with Crippen LogP contribution in [0.1, 0.15) is 37.1 Å². The third kappa shape index (κ3) is 4.98. The molecule has 148 valence electrons. The second kappa shape index (κ2) is 9.01. The average molecular weight is 455 g/mol. The van der Waals surface area contributed by atoms with Crippen LogP contribution in [0.4, 0.5) is 0 Å². The molecule has 27 heavy (non-hydrogen) atoms. The van der Waals surface area contributed by atoms with Gasteiger partial charge in [0, 0.05) is 6.92 Å². The number of halogens is 1. The fourth-order valence-electron chi connectivity index (χ4n) is 3.26. The Balaban J connectivity index is 2.12. The Bertz CT molecular complexity index is 698. The second-order valence-corrected chi connectivity index (χ2v) is 12.9. The van der Waals surface area contributed by atoms with Crippen molar-refractivity contribution in [2.24, 2.45) is 0 Å². The number of nitrogens with zero attached hydrogens (tertiary/aromatic N) is 1. The summed E-state index contributed by atoms with van der Waals surface area (Å²) in [5, 5.41) is 2.75. The van der Waals surface area contributed by atoms with E-state index in [1.54, 1.807) is 4.57 Å². The van der Waals surface area contributed by atoms with Gasteiger partial charge in [-0.25, -0.2) is 0 Å². The van der Waals surface area contributed by atoms with Crippen molar-refractivity contribution in [1.29, 1.82) is 0 Å². The number of unbranched alkanes of at least 4 members (excludes halogenated alkanes) is 1. The van der Waals surface area contributed by atoms with E-state index in [1.807, 2.05) is 30.3 Å². The van der Waals surface area contributed by atoms with E-state index in [-0.39, 0.29) is 11.8 Å². The molecule has 1 aromatic rings. The molecule has 1 aromatic carbocycles. The van der Waals surface area contributed by atoms with Crippen LogP contribution in [-0.2, 0) is 19.1 Å². The summed E-state index contributed by atoms with van der Waals surface area (Å²) >= 11 is 3.38. The van der Waals surface area contributed by atoms with Gasteiger partial charge in [0.05, 0.1) is 0 Å². The van der Waals surface area contributed by atoms with E-state index >= 15 is 0 Å². The number of nitrogens with one attached hydrogen (secondary N) is 1. The molecule has 1 saturated heterocycles. The van der Waals surface area contributed by atoms with Crippen molar-refractivity contribution in [3.05, 3.63) is 35.9 Å². The van der Waals surface area contributed by atoms with Gasteiger partial charge in [0.15, 0.2) is 20.5 Å². The van der Waals surface area contributed by atoms with Crippen molar-refractivity contribution in [3.8, 4) is 0 Å². The van der Waals surface area contributed by atoms with Crippen molar-refractivity contribution in [1.82, 2.24) is 9.88 Å². The van der Waals surface area contributed by atoms with Crippen molar-refractivity contribution >= 4 is 41.9 Å². The molecule has 1 aliphatic heterocycles. The molecule has 6 nitrogen and oxygen atoms in total. The van der Waals surface area contributed by atoms with Gasteiger partial charge >= 0.3 is 5.97 Å². The van der Waals surface area contributed by atoms with Gasteiger partial charge < -0.3 is 14.6 Å². The number of alkyl halides is 1. The lowest BCUT2D eigenvalue weighted by atomic mass is 10.1. The van der Waals surface area contributed by atoms with Gasteiger partial charge in [0.2, 0.25) is 11.8 Å². The summed E-state index contributed by atoms with van der Waals surface area (Å²) < 4.78 is 7.11. The number of carbonyl (C=O) groups is 3. The van der Waals surface area contributed by atoms with Crippen LogP contribution in [-0.4, -0.2) is 42.9 Å². The maximum atomic E-state index is 12.8. The number of carbonyl (C=O) groups excluding carboxylic acids is 3. The normalized spacial score (nSPS) is 20.6. The minimum absolute atomic E-state index is 0.171. The van der Waals surface area contributed by atoms with Crippen LogP contribution in [0.2, 0.25) is 19.1 Å². The minimum Gasteiger partial charge on any atom is -0.440 e. The number of hydrogen-bond acceptors (Lipinski definition) is 4. The van der Waals surface area contributed by atoms with E-state index in [4.69, 9.17) is 4.74 Å². The fraction of sp³-hybridized carbons (Fsp3) is 0.526. The molecular formula is C19H27BrN2O4Si. The van der Waals surface area contributed by atoms with Gasteiger partial charge in [-0.2, -0.15) is 0 Å². The first-order valence-corrected chi connectivity index (χ1v) is 13.3. The lowest BCUT2D eigenvalue weighted by molar-refractivity contribution is -0.180. The highest BCUT2D eigenvalue weighted by molar-refractivity contribution is 9.09. The summed E-state index contributed by atoms with van der Waals surface area (Å²) in [5.41, 5.74) is 0.792. The Kier molecular flexibility index (Phi) is 7.22. The standard InChI is InChI=1S/C19H27BrN2O4Si/c1-5-6-12-27(3,4)22-18(25)16(19(22)26-13(2)23)21-17(24)15(20)14-10-8-7-9-11-14/h7-11,15-16,19H,5-6,12H2,1-4H3,(H,21,24). The maximum absolute atomic E-state index is 12.8. The number of esters is 1. The maximum Gasteiger partial charge on any atom is 0.304 e. The van der Waals surface area contributed by atoms with Gasteiger partial charge in [-0.3, -0.25) is 14.4 Å². The van der Waals surface area contributed by atoms with Gasteiger partial charge in [-0.15, -0.1) is 0 Å². The van der Waals surface area contributed by atoms with Crippen LogP contribution in [0.3, 0.4) is 0 Å². The number of β-lactam (4-membered cyclic amide) rings is 1. The van der Waals surface area contributed by atoms with Crippen LogP contribution in [0.15, 0.2) is 30.3 Å². The summed E-state index contributed by atoms with van der Waals surface area (Å²) in [7, 11) is -2.07. The predicted octanol–water partition coefficient (Wildman–Crippen LogP) is 3.34. The van der Waals surface area contributed by atoms with Crippen LogP contribution in [0.5, 0.6) is 0 Å². The predicted molar refractivity (Wildman–Crippen MR) is 110 cm³/mol. The first-order chi connectivity index (χ1) is 12.7. The molecule has 1 aliphatic rings. The zero-order chi connectivity index (χ0) is 20.2. The van der Waals surface area contributed by atoms with Crippen molar-refractivity contribution < 1.29 is 19.1 Å². The first kappa shape index (κ1) is 21.6. The van der Waals surface area contributed by atoms with Gasteiger partial charge in [0.25, 0.3) is 0 Å². The molecular weight excluding hydrogens is 428 g/mol. The largest absolute Gasteiger partial charge is 0.440 e. The van der Waals surface area contributed by atoms with E-state index in [1.165, 1.54) is 6.92 Å². The summed E-state index contributed by atoms with van der Waals surface area (Å²) in [5.74, 6) is -0.963. The molecule has 1 heterocycles. The Morgan fingerprint density at radius 2 is 1.93 bits per heavy atom. The van der Waals surface area contributed by atoms with Gasteiger partial charge in [0.1, 0.15) is 4.83 Å². The third-order valence-corrected chi connectivity index (χ3v) is 9.05. The van der Waals surface area contributed by atoms with Crippen molar-refractivity contribution in [2.75, 3.05) is 0 Å². The van der Waals surface area contributed by atoms with Gasteiger partial charge in [-0.1, -0.05) is 79.1 Å². The zero-order valence-corrected chi connectivity index (χ0v) is 18.8. The molecule has 0 aromatic heterocycles. The van der Waals surface area contributed by atoms with Crippen LogP contribution in [0, 0.1) is 0 Å². The Hall–Kier alpha value is -1.67. The van der Waals surface area contributed by atoms with E-state index < -0.39 is 31.3 Å². The number of benzene rings is 1. The monoisotopic (exact) mass is 454 g/mol. The van der Waals surface area contributed by atoms with Crippen molar-refractivity contribution in [2.45, 2.75) is 62.9 Å². The molecule has 0 spiro atoms. The molecule has 3 unspecified atom stereocenters. The first-order valence-electron chi connectivity index (χ1n) is 9.19. The molecule has 1 N–H and O–H groups in total. The number of hydrogen-bond donors (Lipinski definition) is 1. The zero-order valence-electron chi connectivity index (χ0n) is 16.2. The van der Waals surface area contributed by atoms with E-state index in [0.717, 1.165) is 24.4 Å². The molecule has 0 radical (unpaired) electrons. The van der Waals surface area contributed by atoms with Crippen LogP contribution < -0.4 is 5.32 Å². The highest BCUT2D eigenvalue weighted by Crippen LogP contribution is 2.33.